The van der Waals surface area contributed by atoms with Gasteiger partial charge in [-0.1, -0.05) is 36.4 Å². The van der Waals surface area contributed by atoms with Crippen molar-refractivity contribution in [2.45, 2.75) is 12.6 Å². The van der Waals surface area contributed by atoms with Crippen LogP contribution < -0.4 is 20.5 Å². The summed E-state index contributed by atoms with van der Waals surface area (Å²) in [6, 6.07) is 13.8. The molecule has 0 saturated carbocycles. The lowest BCUT2D eigenvalue weighted by molar-refractivity contribution is -0.145. The van der Waals surface area contributed by atoms with E-state index in [0.29, 0.717) is 41.2 Å². The van der Waals surface area contributed by atoms with Gasteiger partial charge < -0.3 is 30.5 Å². The molecule has 4 N–H and O–H groups in total. The quantitative estimate of drug-likeness (QED) is 0.154. The highest BCUT2D eigenvalue weighted by Gasteiger charge is 2.28. The maximum absolute atomic E-state index is 11.0. The van der Waals surface area contributed by atoms with Crippen molar-refractivity contribution >= 4 is 51.6 Å². The van der Waals surface area contributed by atoms with E-state index in [1.54, 1.807) is 43.6 Å². The van der Waals surface area contributed by atoms with Crippen molar-refractivity contribution in [3.63, 3.8) is 0 Å². The standard InChI is InChI=1S/C21H18ClN5O2.C8H9NO3/c1-28-20-10-18-15(9-17(20)23)21(26-12-25-18)27-13-5-6-19(16(22)8-13)29-11-14-4-2-3-7-24-14;1-2-7(10)9-5-3-4-6(9)8(11)12/h2-10,12H,11,23H2,1H3,(H,25,26,27);2-4,6H,1,5H2,(H,11,12)/t;6-/m.0/s1. The summed E-state index contributed by atoms with van der Waals surface area (Å²) in [6.45, 7) is 3.97. The number of methoxy groups -OCH3 is 1. The first-order valence-electron chi connectivity index (χ1n) is 12.3. The maximum atomic E-state index is 11.0. The van der Waals surface area contributed by atoms with Crippen molar-refractivity contribution in [2.24, 2.45) is 0 Å². The van der Waals surface area contributed by atoms with Crippen LogP contribution >= 0.6 is 11.6 Å². The molecule has 0 spiro atoms. The van der Waals surface area contributed by atoms with E-state index in [0.717, 1.165) is 28.4 Å². The molecule has 2 aromatic carbocycles. The molecule has 1 amide bonds. The zero-order chi connectivity index (χ0) is 29.4. The number of nitrogen functional groups attached to an aromatic ring is 1. The number of hydrogen-bond acceptors (Lipinski definition) is 9. The third kappa shape index (κ3) is 7.08. The average Bonchev–Trinajstić information content (AvgIpc) is 3.48. The lowest BCUT2D eigenvalue weighted by Gasteiger charge is -2.18. The van der Waals surface area contributed by atoms with Gasteiger partial charge in [0.2, 0.25) is 5.91 Å². The number of aromatic nitrogens is 3. The Morgan fingerprint density at radius 3 is 2.71 bits per heavy atom. The minimum absolute atomic E-state index is 0.338. The van der Waals surface area contributed by atoms with Gasteiger partial charge in [-0.15, -0.1) is 0 Å². The van der Waals surface area contributed by atoms with Crippen LogP contribution in [0, 0.1) is 0 Å². The summed E-state index contributed by atoms with van der Waals surface area (Å²) in [4.78, 5) is 35.7. The molecule has 0 unspecified atom stereocenters. The number of nitrogens with one attached hydrogen (secondary N) is 1. The van der Waals surface area contributed by atoms with Gasteiger partial charge in [-0.25, -0.2) is 14.8 Å². The summed E-state index contributed by atoms with van der Waals surface area (Å²) in [5.41, 5.74) is 8.84. The van der Waals surface area contributed by atoms with Crippen LogP contribution in [-0.4, -0.2) is 56.5 Å². The van der Waals surface area contributed by atoms with Crippen LogP contribution in [-0.2, 0) is 16.2 Å². The normalized spacial score (nSPS) is 13.7. The van der Waals surface area contributed by atoms with E-state index in [2.05, 4.69) is 26.8 Å². The molecule has 3 heterocycles. The van der Waals surface area contributed by atoms with E-state index in [1.807, 2.05) is 24.3 Å². The smallest absolute Gasteiger partial charge is 0.330 e. The third-order valence-corrected chi connectivity index (χ3v) is 6.25. The van der Waals surface area contributed by atoms with Gasteiger partial charge in [-0.05, 0) is 42.5 Å². The van der Waals surface area contributed by atoms with E-state index in [1.165, 1.54) is 17.3 Å². The number of amides is 1. The molecule has 1 aliphatic heterocycles. The van der Waals surface area contributed by atoms with E-state index < -0.39 is 12.0 Å². The number of carbonyl (C=O) groups is 2. The fourth-order valence-electron chi connectivity index (χ4n) is 3.93. The van der Waals surface area contributed by atoms with Crippen LogP contribution in [0.2, 0.25) is 5.02 Å². The first-order chi connectivity index (χ1) is 19.8. The molecule has 12 heteroatoms. The molecule has 0 aliphatic carbocycles. The second-order valence-electron chi connectivity index (χ2n) is 8.62. The Labute approximate surface area is 240 Å². The summed E-state index contributed by atoms with van der Waals surface area (Å²) in [6.07, 6.45) is 7.46. The molecule has 11 nitrogen and oxygen atoms in total. The number of aliphatic carboxylic acids is 1. The van der Waals surface area contributed by atoms with Gasteiger partial charge in [-0.2, -0.15) is 0 Å². The number of nitrogens with zero attached hydrogens (tertiary/aromatic N) is 4. The number of halogens is 1. The Hall–Kier alpha value is -5.16. The average molecular weight is 575 g/mol. The van der Waals surface area contributed by atoms with Gasteiger partial charge >= 0.3 is 5.97 Å². The molecule has 210 valence electrons. The van der Waals surface area contributed by atoms with Crippen molar-refractivity contribution in [1.82, 2.24) is 19.9 Å². The zero-order valence-corrected chi connectivity index (χ0v) is 22.8. The number of fused-ring (bicyclic) bond motifs is 1. The Balaban J connectivity index is 0.000000271. The largest absolute Gasteiger partial charge is 0.495 e. The fraction of sp³-hybridized carbons (Fsp3) is 0.138. The van der Waals surface area contributed by atoms with Crippen LogP contribution in [0.3, 0.4) is 0 Å². The summed E-state index contributed by atoms with van der Waals surface area (Å²) < 4.78 is 11.0. The van der Waals surface area contributed by atoms with E-state index in [4.69, 9.17) is 31.9 Å². The molecule has 2 aromatic heterocycles. The number of anilines is 3. The second-order valence-corrected chi connectivity index (χ2v) is 9.03. The fourth-order valence-corrected chi connectivity index (χ4v) is 4.16. The Bertz CT molecular complexity index is 1600. The topological polar surface area (TPSA) is 153 Å². The molecule has 0 fully saturated rings. The van der Waals surface area contributed by atoms with Crippen LogP contribution in [0.15, 0.2) is 85.9 Å². The highest BCUT2D eigenvalue weighted by molar-refractivity contribution is 6.32. The Morgan fingerprint density at radius 2 is 2.02 bits per heavy atom. The number of pyridine rings is 1. The molecule has 0 radical (unpaired) electrons. The monoisotopic (exact) mass is 574 g/mol. The van der Waals surface area contributed by atoms with Crippen molar-refractivity contribution in [3.8, 4) is 11.5 Å². The SMILES string of the molecule is C=CC(=O)N1CC=C[C@H]1C(=O)O.COc1cc2ncnc(Nc3ccc(OCc4ccccn4)c(Cl)c3)c2cc1N. The Morgan fingerprint density at radius 1 is 1.20 bits per heavy atom. The summed E-state index contributed by atoms with van der Waals surface area (Å²) in [5, 5.41) is 13.2. The summed E-state index contributed by atoms with van der Waals surface area (Å²) >= 11 is 6.39. The van der Waals surface area contributed by atoms with Crippen LogP contribution in [0.1, 0.15) is 5.69 Å². The van der Waals surface area contributed by atoms with E-state index in [9.17, 15) is 9.59 Å². The number of carboxylic acids is 1. The van der Waals surface area contributed by atoms with Crippen LogP contribution in [0.5, 0.6) is 11.5 Å². The molecule has 41 heavy (non-hydrogen) atoms. The second kappa shape index (κ2) is 13.3. The molecule has 4 aromatic rings. The molecular weight excluding hydrogens is 548 g/mol. The molecule has 1 atom stereocenters. The molecule has 5 rings (SSSR count). The lowest BCUT2D eigenvalue weighted by atomic mass is 10.2. The van der Waals surface area contributed by atoms with Gasteiger partial charge in [0, 0.05) is 29.9 Å². The maximum Gasteiger partial charge on any atom is 0.330 e. The zero-order valence-electron chi connectivity index (χ0n) is 22.0. The highest BCUT2D eigenvalue weighted by atomic mass is 35.5. The van der Waals surface area contributed by atoms with Gasteiger partial charge in [0.15, 0.2) is 0 Å². The van der Waals surface area contributed by atoms with Crippen LogP contribution in [0.4, 0.5) is 17.2 Å². The lowest BCUT2D eigenvalue weighted by Crippen LogP contribution is -2.39. The molecular formula is C29H27ClN6O5. The van der Waals surface area contributed by atoms with Gasteiger partial charge in [0.05, 0.1) is 29.0 Å². The number of carbonyl (C=O) groups excluding carboxylic acids is 1. The number of ether oxygens (including phenoxy) is 2. The number of rotatable bonds is 8. The number of benzene rings is 2. The number of hydrogen-bond donors (Lipinski definition) is 3. The summed E-state index contributed by atoms with van der Waals surface area (Å²) in [5.74, 6) is 0.387. The minimum atomic E-state index is -1.01. The Kier molecular flexibility index (Phi) is 9.33. The van der Waals surface area contributed by atoms with Gasteiger partial charge in [0.25, 0.3) is 0 Å². The van der Waals surface area contributed by atoms with E-state index >= 15 is 0 Å². The van der Waals surface area contributed by atoms with Crippen molar-refractivity contribution in [1.29, 1.82) is 0 Å². The highest BCUT2D eigenvalue weighted by Crippen LogP contribution is 2.33. The number of carboxylic acid groups (broad SMARTS) is 1. The minimum Gasteiger partial charge on any atom is -0.495 e. The third-order valence-electron chi connectivity index (χ3n) is 5.95. The van der Waals surface area contributed by atoms with Gasteiger partial charge in [0.1, 0.15) is 36.3 Å². The predicted molar refractivity (Wildman–Crippen MR) is 156 cm³/mol. The summed E-state index contributed by atoms with van der Waals surface area (Å²) in [7, 11) is 1.57. The first kappa shape index (κ1) is 28.8. The number of nitrogens with two attached hydrogens (primary N) is 1. The van der Waals surface area contributed by atoms with Crippen molar-refractivity contribution < 1.29 is 24.2 Å². The molecule has 1 aliphatic rings. The van der Waals surface area contributed by atoms with Crippen molar-refractivity contribution in [2.75, 3.05) is 24.7 Å². The van der Waals surface area contributed by atoms with Gasteiger partial charge in [-0.3, -0.25) is 9.78 Å². The first-order valence-corrected chi connectivity index (χ1v) is 12.7. The molecule has 0 bridgehead atoms. The van der Waals surface area contributed by atoms with E-state index in [-0.39, 0.29) is 5.91 Å². The predicted octanol–water partition coefficient (Wildman–Crippen LogP) is 4.62. The molecule has 0 saturated heterocycles. The van der Waals surface area contributed by atoms with Crippen LogP contribution in [0.25, 0.3) is 10.9 Å². The van der Waals surface area contributed by atoms with Crippen molar-refractivity contribution in [3.05, 3.63) is 96.6 Å².